The zero-order valence-corrected chi connectivity index (χ0v) is 11.4. The maximum Gasteiger partial charge on any atom is 0.337 e. The molecule has 0 unspecified atom stereocenters. The number of ether oxygens (including phenoxy) is 1. The molecule has 5 heteroatoms. The first-order valence-corrected chi connectivity index (χ1v) is 6.44. The third kappa shape index (κ3) is 1.87. The van der Waals surface area contributed by atoms with Gasteiger partial charge in [0.15, 0.2) is 0 Å². The maximum absolute atomic E-state index is 11.6. The number of esters is 1. The highest BCUT2D eigenvalue weighted by Crippen LogP contribution is 2.29. The van der Waals surface area contributed by atoms with Crippen LogP contribution in [-0.2, 0) is 11.3 Å². The van der Waals surface area contributed by atoms with Crippen LogP contribution in [0.5, 0.6) is 0 Å². The van der Waals surface area contributed by atoms with Crippen LogP contribution in [0.2, 0.25) is 0 Å². The van der Waals surface area contributed by atoms with E-state index < -0.39 is 0 Å². The third-order valence-corrected chi connectivity index (χ3v) is 3.43. The molecular formula is C15H15N3O2. The van der Waals surface area contributed by atoms with E-state index in [2.05, 4.69) is 21.5 Å². The van der Waals surface area contributed by atoms with Crippen molar-refractivity contribution in [3.63, 3.8) is 0 Å². The Kier molecular flexibility index (Phi) is 3.02. The Labute approximate surface area is 116 Å². The van der Waals surface area contributed by atoms with E-state index in [9.17, 15) is 4.79 Å². The Bertz CT molecular complexity index is 770. The molecule has 0 radical (unpaired) electrons. The average Bonchev–Trinajstić information content (AvgIpc) is 3.11. The molecule has 0 spiro atoms. The lowest BCUT2D eigenvalue weighted by atomic mass is 10.1. The molecule has 0 saturated carbocycles. The van der Waals surface area contributed by atoms with Gasteiger partial charge in [-0.25, -0.2) is 9.78 Å². The minimum absolute atomic E-state index is 0.331. The fourth-order valence-electron chi connectivity index (χ4n) is 2.37. The van der Waals surface area contributed by atoms with Crippen molar-refractivity contribution >= 4 is 16.9 Å². The fourth-order valence-corrected chi connectivity index (χ4v) is 2.37. The molecular weight excluding hydrogens is 254 g/mol. The number of fused-ring (bicyclic) bond motifs is 1. The van der Waals surface area contributed by atoms with Gasteiger partial charge in [0.05, 0.1) is 30.9 Å². The van der Waals surface area contributed by atoms with E-state index in [0.717, 1.165) is 28.7 Å². The lowest BCUT2D eigenvalue weighted by Gasteiger charge is -2.04. The zero-order chi connectivity index (χ0) is 14.1. The number of hydrogen-bond donors (Lipinski definition) is 1. The summed E-state index contributed by atoms with van der Waals surface area (Å²) in [7, 11) is 1.39. The van der Waals surface area contributed by atoms with Gasteiger partial charge >= 0.3 is 5.97 Å². The number of benzene rings is 1. The first kappa shape index (κ1) is 12.5. The third-order valence-electron chi connectivity index (χ3n) is 3.43. The summed E-state index contributed by atoms with van der Waals surface area (Å²) < 4.78 is 6.83. The Balaban J connectivity index is 2.19. The molecule has 102 valence electrons. The van der Waals surface area contributed by atoms with E-state index >= 15 is 0 Å². The molecule has 3 aromatic rings. The van der Waals surface area contributed by atoms with Crippen LogP contribution in [0.15, 0.2) is 36.9 Å². The quantitative estimate of drug-likeness (QED) is 0.744. The first-order valence-electron chi connectivity index (χ1n) is 6.44. The van der Waals surface area contributed by atoms with Crippen molar-refractivity contribution < 1.29 is 9.53 Å². The summed E-state index contributed by atoms with van der Waals surface area (Å²) in [6.45, 7) is 2.92. The number of nitrogens with one attached hydrogen (secondary N) is 1. The Morgan fingerprint density at radius 2 is 2.30 bits per heavy atom. The predicted molar refractivity (Wildman–Crippen MR) is 76.5 cm³/mol. The topological polar surface area (TPSA) is 59.9 Å². The van der Waals surface area contributed by atoms with E-state index in [4.69, 9.17) is 4.74 Å². The summed E-state index contributed by atoms with van der Waals surface area (Å²) in [4.78, 5) is 19.1. The monoisotopic (exact) mass is 269 g/mol. The van der Waals surface area contributed by atoms with Crippen LogP contribution in [-0.4, -0.2) is 27.6 Å². The van der Waals surface area contributed by atoms with Crippen molar-refractivity contribution in [1.29, 1.82) is 0 Å². The number of imidazole rings is 1. The SMILES string of the molecule is CCn1cncc1-c1c[nH]c2ccc(C(=O)OC)cc12. The van der Waals surface area contributed by atoms with Gasteiger partial charge in [0.1, 0.15) is 0 Å². The fraction of sp³-hybridized carbons (Fsp3) is 0.200. The second-order valence-corrected chi connectivity index (χ2v) is 4.52. The van der Waals surface area contributed by atoms with Crippen LogP contribution in [0.3, 0.4) is 0 Å². The van der Waals surface area contributed by atoms with Gasteiger partial charge in [0, 0.05) is 29.2 Å². The van der Waals surface area contributed by atoms with Crippen molar-refractivity contribution in [2.45, 2.75) is 13.5 Å². The molecule has 0 amide bonds. The van der Waals surface area contributed by atoms with E-state index in [1.807, 2.05) is 24.5 Å². The largest absolute Gasteiger partial charge is 0.465 e. The van der Waals surface area contributed by atoms with Gasteiger partial charge in [-0.05, 0) is 25.1 Å². The van der Waals surface area contributed by atoms with Crippen molar-refractivity contribution in [1.82, 2.24) is 14.5 Å². The summed E-state index contributed by atoms with van der Waals surface area (Å²) in [5.41, 5.74) is 3.59. The van der Waals surface area contributed by atoms with Crippen LogP contribution in [0.25, 0.3) is 22.2 Å². The van der Waals surface area contributed by atoms with Crippen LogP contribution in [0.1, 0.15) is 17.3 Å². The van der Waals surface area contributed by atoms with Crippen molar-refractivity contribution in [3.8, 4) is 11.3 Å². The molecule has 0 bridgehead atoms. The highest BCUT2D eigenvalue weighted by molar-refractivity contribution is 6.00. The molecule has 20 heavy (non-hydrogen) atoms. The molecule has 0 aliphatic heterocycles. The highest BCUT2D eigenvalue weighted by Gasteiger charge is 2.13. The van der Waals surface area contributed by atoms with Crippen molar-refractivity contribution in [2.75, 3.05) is 7.11 Å². The average molecular weight is 269 g/mol. The predicted octanol–water partition coefficient (Wildman–Crippen LogP) is 2.84. The normalized spacial score (nSPS) is 10.9. The summed E-state index contributed by atoms with van der Waals surface area (Å²) >= 11 is 0. The Morgan fingerprint density at radius 1 is 1.45 bits per heavy atom. The number of aromatic amines is 1. The second kappa shape index (κ2) is 4.85. The number of hydrogen-bond acceptors (Lipinski definition) is 3. The number of aromatic nitrogens is 3. The summed E-state index contributed by atoms with van der Waals surface area (Å²) in [5, 5.41) is 0.989. The standard InChI is InChI=1S/C15H15N3O2/c1-3-18-9-16-8-14(18)12-7-17-13-5-4-10(6-11(12)13)15(19)20-2/h4-9,17H,3H2,1-2H3. The number of nitrogens with zero attached hydrogens (tertiary/aromatic N) is 2. The molecule has 0 saturated heterocycles. The zero-order valence-electron chi connectivity index (χ0n) is 11.4. The lowest BCUT2D eigenvalue weighted by Crippen LogP contribution is -2.00. The number of methoxy groups -OCH3 is 1. The maximum atomic E-state index is 11.6. The van der Waals surface area contributed by atoms with E-state index in [1.54, 1.807) is 12.4 Å². The minimum Gasteiger partial charge on any atom is -0.465 e. The van der Waals surface area contributed by atoms with E-state index in [0.29, 0.717) is 5.56 Å². The van der Waals surface area contributed by atoms with Crippen LogP contribution in [0, 0.1) is 0 Å². The second-order valence-electron chi connectivity index (χ2n) is 4.52. The molecule has 0 aliphatic rings. The van der Waals surface area contributed by atoms with Gasteiger partial charge in [0.2, 0.25) is 0 Å². The minimum atomic E-state index is -0.331. The van der Waals surface area contributed by atoms with E-state index in [1.165, 1.54) is 7.11 Å². The van der Waals surface area contributed by atoms with Gasteiger partial charge in [-0.1, -0.05) is 0 Å². The summed E-state index contributed by atoms with van der Waals surface area (Å²) in [5.74, 6) is -0.331. The van der Waals surface area contributed by atoms with Gasteiger partial charge in [-0.3, -0.25) is 0 Å². The van der Waals surface area contributed by atoms with Crippen LogP contribution < -0.4 is 0 Å². The molecule has 3 rings (SSSR count). The van der Waals surface area contributed by atoms with Crippen LogP contribution >= 0.6 is 0 Å². The molecule has 2 aromatic heterocycles. The molecule has 1 N–H and O–H groups in total. The number of carbonyl (C=O) groups excluding carboxylic acids is 1. The number of carbonyl (C=O) groups is 1. The Morgan fingerprint density at radius 3 is 3.05 bits per heavy atom. The Hall–Kier alpha value is -2.56. The summed E-state index contributed by atoms with van der Waals surface area (Å²) in [6, 6.07) is 5.49. The summed E-state index contributed by atoms with van der Waals surface area (Å²) in [6.07, 6.45) is 5.57. The smallest absolute Gasteiger partial charge is 0.337 e. The van der Waals surface area contributed by atoms with Crippen LogP contribution in [0.4, 0.5) is 0 Å². The molecule has 0 aliphatic carbocycles. The van der Waals surface area contributed by atoms with Gasteiger partial charge in [0.25, 0.3) is 0 Å². The first-order chi connectivity index (χ1) is 9.74. The number of rotatable bonds is 3. The lowest BCUT2D eigenvalue weighted by molar-refractivity contribution is 0.0601. The van der Waals surface area contributed by atoms with Crippen molar-refractivity contribution in [3.05, 3.63) is 42.5 Å². The molecule has 0 atom stereocenters. The highest BCUT2D eigenvalue weighted by atomic mass is 16.5. The number of aryl methyl sites for hydroxylation is 1. The molecule has 2 heterocycles. The van der Waals surface area contributed by atoms with Crippen molar-refractivity contribution in [2.24, 2.45) is 0 Å². The van der Waals surface area contributed by atoms with E-state index in [-0.39, 0.29) is 5.97 Å². The molecule has 0 fully saturated rings. The molecule has 5 nitrogen and oxygen atoms in total. The molecule has 1 aromatic carbocycles. The van der Waals surface area contributed by atoms with Gasteiger partial charge < -0.3 is 14.3 Å². The van der Waals surface area contributed by atoms with Gasteiger partial charge in [-0.15, -0.1) is 0 Å². The number of H-pyrrole nitrogens is 1. The van der Waals surface area contributed by atoms with Gasteiger partial charge in [-0.2, -0.15) is 0 Å².